The van der Waals surface area contributed by atoms with Gasteiger partial charge in [0, 0.05) is 12.1 Å². The van der Waals surface area contributed by atoms with Gasteiger partial charge in [-0.1, -0.05) is 32.0 Å². The van der Waals surface area contributed by atoms with Crippen molar-refractivity contribution in [1.82, 2.24) is 4.90 Å². The van der Waals surface area contributed by atoms with Gasteiger partial charge in [-0.05, 0) is 32.0 Å². The molecule has 0 amide bonds. The first-order chi connectivity index (χ1) is 9.63. The lowest BCUT2D eigenvalue weighted by molar-refractivity contribution is -0.0511. The van der Waals surface area contributed by atoms with Crippen LogP contribution in [0, 0.1) is 0 Å². The monoisotopic (exact) mass is 286 g/mol. The Morgan fingerprint density at radius 2 is 1.75 bits per heavy atom. The van der Waals surface area contributed by atoms with E-state index in [1.165, 1.54) is 0 Å². The van der Waals surface area contributed by atoms with E-state index >= 15 is 0 Å². The van der Waals surface area contributed by atoms with Crippen LogP contribution in [0.25, 0.3) is 0 Å². The molecular weight excluding hydrogens is 262 g/mol. The molecule has 114 valence electrons. The average Bonchev–Trinajstić information content (AvgIpc) is 2.41. The third-order valence-corrected chi connectivity index (χ3v) is 3.18. The maximum absolute atomic E-state index is 12.5. The summed E-state index contributed by atoms with van der Waals surface area (Å²) >= 11 is 0. The molecule has 1 rings (SSSR count). The fourth-order valence-electron chi connectivity index (χ4n) is 2.43. The normalized spacial score (nSPS) is 12.9. The van der Waals surface area contributed by atoms with Gasteiger partial charge in [0.25, 0.3) is 0 Å². The third-order valence-electron chi connectivity index (χ3n) is 3.18. The van der Waals surface area contributed by atoms with Crippen LogP contribution in [-0.2, 0) is 0 Å². The van der Waals surface area contributed by atoms with Gasteiger partial charge in [0.1, 0.15) is 5.75 Å². The number of hydrogen-bond acceptors (Lipinski definition) is 3. The van der Waals surface area contributed by atoms with Crippen LogP contribution in [0.1, 0.15) is 38.3 Å². The summed E-state index contributed by atoms with van der Waals surface area (Å²) in [7, 11) is 0. The Labute approximate surface area is 119 Å². The Kier molecular flexibility index (Phi) is 7.47. The van der Waals surface area contributed by atoms with Crippen molar-refractivity contribution >= 4 is 0 Å². The van der Waals surface area contributed by atoms with Crippen LogP contribution in [0.5, 0.6) is 5.75 Å². The Hall–Kier alpha value is -1.20. The number of nitrogens with two attached hydrogens (primary N) is 1. The number of benzene rings is 1. The van der Waals surface area contributed by atoms with E-state index in [0.29, 0.717) is 6.54 Å². The minimum absolute atomic E-state index is 0.0927. The lowest BCUT2D eigenvalue weighted by Crippen LogP contribution is -2.35. The van der Waals surface area contributed by atoms with E-state index in [-0.39, 0.29) is 11.8 Å². The van der Waals surface area contributed by atoms with E-state index in [4.69, 9.17) is 5.73 Å². The molecule has 0 bridgehead atoms. The molecule has 0 aliphatic rings. The zero-order valence-electron chi connectivity index (χ0n) is 12.2. The minimum Gasteiger partial charge on any atom is -0.434 e. The van der Waals surface area contributed by atoms with Crippen LogP contribution < -0.4 is 10.5 Å². The summed E-state index contributed by atoms with van der Waals surface area (Å²) in [5.74, 6) is 0.218. The molecule has 0 radical (unpaired) electrons. The number of halogens is 2. The van der Waals surface area contributed by atoms with Gasteiger partial charge < -0.3 is 10.5 Å². The van der Waals surface area contributed by atoms with E-state index in [2.05, 4.69) is 23.5 Å². The van der Waals surface area contributed by atoms with Gasteiger partial charge in [0.05, 0.1) is 6.04 Å². The number of alkyl halides is 2. The lowest BCUT2D eigenvalue weighted by Gasteiger charge is -2.31. The molecule has 0 heterocycles. The Bertz CT molecular complexity index is 382. The van der Waals surface area contributed by atoms with Gasteiger partial charge in [-0.2, -0.15) is 8.78 Å². The van der Waals surface area contributed by atoms with Crippen molar-refractivity contribution in [3.8, 4) is 5.75 Å². The largest absolute Gasteiger partial charge is 0.434 e. The van der Waals surface area contributed by atoms with Crippen molar-refractivity contribution in [2.45, 2.75) is 39.3 Å². The lowest BCUT2D eigenvalue weighted by atomic mass is 10.0. The molecule has 0 aliphatic heterocycles. The van der Waals surface area contributed by atoms with Gasteiger partial charge in [0.15, 0.2) is 0 Å². The van der Waals surface area contributed by atoms with Gasteiger partial charge in [0.2, 0.25) is 0 Å². The Balaban J connectivity index is 3.03. The van der Waals surface area contributed by atoms with E-state index in [1.54, 1.807) is 12.1 Å². The van der Waals surface area contributed by atoms with Crippen molar-refractivity contribution in [3.63, 3.8) is 0 Å². The maximum Gasteiger partial charge on any atom is 0.387 e. The standard InChI is InChI=1S/C15H24F2N2O/c1-3-9-19(10-4-2)13(11-18)12-7-5-6-8-14(12)20-15(16)17/h5-8,13,15H,3-4,9-11,18H2,1-2H3. The van der Waals surface area contributed by atoms with Gasteiger partial charge >= 0.3 is 6.61 Å². The number of para-hydroxylation sites is 1. The average molecular weight is 286 g/mol. The van der Waals surface area contributed by atoms with Crippen molar-refractivity contribution in [2.24, 2.45) is 5.73 Å². The smallest absolute Gasteiger partial charge is 0.387 e. The second-order valence-corrected chi connectivity index (χ2v) is 4.70. The summed E-state index contributed by atoms with van der Waals surface area (Å²) in [5.41, 5.74) is 6.61. The molecule has 1 aromatic rings. The second kappa shape index (κ2) is 8.87. The van der Waals surface area contributed by atoms with E-state index in [1.807, 2.05) is 12.1 Å². The predicted molar refractivity (Wildman–Crippen MR) is 77.0 cm³/mol. The fraction of sp³-hybridized carbons (Fsp3) is 0.600. The molecular formula is C15H24F2N2O. The molecule has 1 unspecified atom stereocenters. The van der Waals surface area contributed by atoms with E-state index in [0.717, 1.165) is 31.5 Å². The molecule has 0 aromatic heterocycles. The summed E-state index contributed by atoms with van der Waals surface area (Å²) in [6.07, 6.45) is 1.99. The molecule has 5 heteroatoms. The van der Waals surface area contributed by atoms with Crippen molar-refractivity contribution in [3.05, 3.63) is 29.8 Å². The molecule has 3 nitrogen and oxygen atoms in total. The second-order valence-electron chi connectivity index (χ2n) is 4.70. The maximum atomic E-state index is 12.5. The first kappa shape index (κ1) is 16.9. The number of hydrogen-bond donors (Lipinski definition) is 1. The van der Waals surface area contributed by atoms with Crippen LogP contribution in [0.4, 0.5) is 8.78 Å². The SMILES string of the molecule is CCCN(CCC)C(CN)c1ccccc1OC(F)F. The number of rotatable bonds is 9. The molecule has 1 aromatic carbocycles. The topological polar surface area (TPSA) is 38.5 Å². The Morgan fingerprint density at radius 3 is 2.25 bits per heavy atom. The van der Waals surface area contributed by atoms with Crippen molar-refractivity contribution in [1.29, 1.82) is 0 Å². The van der Waals surface area contributed by atoms with E-state index in [9.17, 15) is 8.78 Å². The molecule has 0 saturated heterocycles. The molecule has 0 spiro atoms. The predicted octanol–water partition coefficient (Wildman–Crippen LogP) is 3.41. The number of ether oxygens (including phenoxy) is 1. The van der Waals surface area contributed by atoms with Crippen LogP contribution in [0.15, 0.2) is 24.3 Å². The first-order valence-electron chi connectivity index (χ1n) is 7.11. The summed E-state index contributed by atoms with van der Waals surface area (Å²) in [6, 6.07) is 6.81. The highest BCUT2D eigenvalue weighted by Crippen LogP contribution is 2.30. The van der Waals surface area contributed by atoms with Crippen LogP contribution in [-0.4, -0.2) is 31.1 Å². The molecule has 0 fully saturated rings. The quantitative estimate of drug-likeness (QED) is 0.756. The van der Waals surface area contributed by atoms with Gasteiger partial charge in [-0.25, -0.2) is 0 Å². The summed E-state index contributed by atoms with van der Waals surface area (Å²) < 4.78 is 29.6. The van der Waals surface area contributed by atoms with Gasteiger partial charge in [-0.15, -0.1) is 0 Å². The molecule has 2 N–H and O–H groups in total. The van der Waals surface area contributed by atoms with Crippen LogP contribution in [0.2, 0.25) is 0 Å². The zero-order chi connectivity index (χ0) is 15.0. The summed E-state index contributed by atoms with van der Waals surface area (Å²) in [4.78, 5) is 2.23. The van der Waals surface area contributed by atoms with E-state index < -0.39 is 6.61 Å². The molecule has 0 aliphatic carbocycles. The summed E-state index contributed by atoms with van der Waals surface area (Å²) in [5, 5.41) is 0. The first-order valence-corrected chi connectivity index (χ1v) is 7.11. The fourth-order valence-corrected chi connectivity index (χ4v) is 2.43. The Morgan fingerprint density at radius 1 is 1.15 bits per heavy atom. The summed E-state index contributed by atoms with van der Waals surface area (Å²) in [6.45, 7) is 3.52. The minimum atomic E-state index is -2.82. The van der Waals surface area contributed by atoms with Crippen molar-refractivity contribution in [2.75, 3.05) is 19.6 Å². The van der Waals surface area contributed by atoms with Crippen LogP contribution >= 0.6 is 0 Å². The highest BCUT2D eigenvalue weighted by Gasteiger charge is 2.22. The van der Waals surface area contributed by atoms with Gasteiger partial charge in [-0.3, -0.25) is 4.90 Å². The highest BCUT2D eigenvalue weighted by atomic mass is 19.3. The highest BCUT2D eigenvalue weighted by molar-refractivity contribution is 5.36. The third kappa shape index (κ3) is 4.72. The molecule has 0 saturated carbocycles. The van der Waals surface area contributed by atoms with Crippen molar-refractivity contribution < 1.29 is 13.5 Å². The number of nitrogens with zero attached hydrogens (tertiary/aromatic N) is 1. The van der Waals surface area contributed by atoms with Crippen LogP contribution in [0.3, 0.4) is 0 Å². The zero-order valence-corrected chi connectivity index (χ0v) is 12.2. The molecule has 1 atom stereocenters. The molecule has 20 heavy (non-hydrogen) atoms.